The molecule has 0 heterocycles. The average molecular weight is 165 g/mol. The van der Waals surface area contributed by atoms with E-state index in [0.717, 1.165) is 25.0 Å². The van der Waals surface area contributed by atoms with Gasteiger partial charge in [0.05, 0.1) is 0 Å². The highest BCUT2D eigenvalue weighted by molar-refractivity contribution is 5.22. The van der Waals surface area contributed by atoms with E-state index in [0.29, 0.717) is 0 Å². The molecule has 0 amide bonds. The zero-order valence-corrected chi connectivity index (χ0v) is 8.19. The van der Waals surface area contributed by atoms with Gasteiger partial charge in [-0.2, -0.15) is 0 Å². The Morgan fingerprint density at radius 1 is 1.33 bits per heavy atom. The third-order valence-electron chi connectivity index (χ3n) is 1.53. The number of hydrogen-bond donors (Lipinski definition) is 1. The molecule has 0 aliphatic carbocycles. The molecular formula is C11H19N. The molecule has 0 aromatic rings. The topological polar surface area (TPSA) is 12.0 Å². The van der Waals surface area contributed by atoms with Crippen molar-refractivity contribution < 1.29 is 0 Å². The molecule has 68 valence electrons. The maximum absolute atomic E-state index is 3.94. The van der Waals surface area contributed by atoms with E-state index >= 15 is 0 Å². The fourth-order valence-electron chi connectivity index (χ4n) is 0.836. The van der Waals surface area contributed by atoms with Crippen LogP contribution in [0, 0.1) is 0 Å². The van der Waals surface area contributed by atoms with Gasteiger partial charge in [0.25, 0.3) is 0 Å². The average Bonchev–Trinajstić information content (AvgIpc) is 2.01. The van der Waals surface area contributed by atoms with Crippen molar-refractivity contribution in [2.24, 2.45) is 0 Å². The molecule has 1 nitrogen and oxygen atoms in total. The van der Waals surface area contributed by atoms with Crippen LogP contribution in [0.25, 0.3) is 0 Å². The Morgan fingerprint density at radius 2 is 2.00 bits per heavy atom. The van der Waals surface area contributed by atoms with Crippen LogP contribution in [0.4, 0.5) is 0 Å². The first-order chi connectivity index (χ1) is 5.66. The first kappa shape index (κ1) is 11.2. The van der Waals surface area contributed by atoms with Crippen LogP contribution in [0.2, 0.25) is 0 Å². The number of rotatable bonds is 6. The van der Waals surface area contributed by atoms with Crippen molar-refractivity contribution in [3.8, 4) is 0 Å². The van der Waals surface area contributed by atoms with Gasteiger partial charge in [-0.15, -0.1) is 0 Å². The maximum atomic E-state index is 3.94. The Balaban J connectivity index is 3.53. The lowest BCUT2D eigenvalue weighted by atomic mass is 10.1. The molecule has 0 saturated carbocycles. The fourth-order valence-corrected chi connectivity index (χ4v) is 0.836. The highest BCUT2D eigenvalue weighted by Crippen LogP contribution is 2.04. The van der Waals surface area contributed by atoms with Crippen molar-refractivity contribution in [1.82, 2.24) is 5.32 Å². The molecule has 0 bridgehead atoms. The molecule has 0 aliphatic rings. The lowest BCUT2D eigenvalue weighted by Gasteiger charge is -1.99. The molecule has 0 aromatic carbocycles. The summed E-state index contributed by atoms with van der Waals surface area (Å²) in [7, 11) is 1.96. The molecule has 0 radical (unpaired) electrons. The van der Waals surface area contributed by atoms with Crippen molar-refractivity contribution in [3.05, 3.63) is 36.5 Å². The third-order valence-corrected chi connectivity index (χ3v) is 1.53. The molecule has 0 unspecified atom stereocenters. The van der Waals surface area contributed by atoms with Crippen molar-refractivity contribution in [2.75, 3.05) is 13.6 Å². The van der Waals surface area contributed by atoms with E-state index in [9.17, 15) is 0 Å². The van der Waals surface area contributed by atoms with Crippen LogP contribution in [0.15, 0.2) is 36.5 Å². The van der Waals surface area contributed by atoms with Gasteiger partial charge in [-0.05, 0) is 33.4 Å². The summed E-state index contributed by atoms with van der Waals surface area (Å²) in [6, 6.07) is 0. The van der Waals surface area contributed by atoms with Crippen molar-refractivity contribution in [1.29, 1.82) is 0 Å². The minimum absolute atomic E-state index is 1.06. The summed E-state index contributed by atoms with van der Waals surface area (Å²) in [5, 5.41) is 3.11. The monoisotopic (exact) mass is 165 g/mol. The molecule has 0 aliphatic heterocycles. The number of allylic oxidation sites excluding steroid dienone is 4. The van der Waals surface area contributed by atoms with E-state index in [2.05, 4.69) is 18.5 Å². The zero-order valence-electron chi connectivity index (χ0n) is 8.19. The Bertz CT molecular complexity index is 177. The third kappa shape index (κ3) is 7.29. The fraction of sp³-hybridized carbons (Fsp3) is 0.455. The lowest BCUT2D eigenvalue weighted by molar-refractivity contribution is 0.727. The van der Waals surface area contributed by atoms with Gasteiger partial charge >= 0.3 is 0 Å². The predicted molar refractivity (Wildman–Crippen MR) is 56.3 cm³/mol. The first-order valence-electron chi connectivity index (χ1n) is 4.32. The number of hydrogen-bond acceptors (Lipinski definition) is 1. The van der Waals surface area contributed by atoms with Crippen LogP contribution in [-0.2, 0) is 0 Å². The molecule has 0 atom stereocenters. The largest absolute Gasteiger partial charge is 0.320 e. The summed E-state index contributed by atoms with van der Waals surface area (Å²) in [6.07, 6.45) is 6.25. The summed E-state index contributed by atoms with van der Waals surface area (Å²) in [4.78, 5) is 0. The Hall–Kier alpha value is -0.820. The summed E-state index contributed by atoms with van der Waals surface area (Å²) >= 11 is 0. The molecule has 0 spiro atoms. The van der Waals surface area contributed by atoms with Crippen molar-refractivity contribution in [3.63, 3.8) is 0 Å². The van der Waals surface area contributed by atoms with Gasteiger partial charge in [0, 0.05) is 0 Å². The van der Waals surface area contributed by atoms with Crippen LogP contribution in [-0.4, -0.2) is 13.6 Å². The molecule has 0 fully saturated rings. The zero-order chi connectivity index (χ0) is 9.40. The first-order valence-corrected chi connectivity index (χ1v) is 4.32. The van der Waals surface area contributed by atoms with E-state index in [1.54, 1.807) is 0 Å². The Kier molecular flexibility index (Phi) is 6.39. The van der Waals surface area contributed by atoms with E-state index in [1.165, 1.54) is 5.57 Å². The Morgan fingerprint density at radius 3 is 2.50 bits per heavy atom. The second-order valence-corrected chi connectivity index (χ2v) is 3.05. The SMILES string of the molecule is C=C(C)/C=C\C(=C)CCCNC. The van der Waals surface area contributed by atoms with Crippen LogP contribution in [0.3, 0.4) is 0 Å². The summed E-state index contributed by atoms with van der Waals surface area (Å²) < 4.78 is 0. The smallest absolute Gasteiger partial charge is 0.00488 e. The van der Waals surface area contributed by atoms with Crippen LogP contribution >= 0.6 is 0 Å². The lowest BCUT2D eigenvalue weighted by Crippen LogP contribution is -2.07. The second kappa shape index (κ2) is 6.86. The van der Waals surface area contributed by atoms with Crippen LogP contribution in [0.1, 0.15) is 19.8 Å². The summed E-state index contributed by atoms with van der Waals surface area (Å²) in [5.41, 5.74) is 2.25. The molecule has 12 heavy (non-hydrogen) atoms. The predicted octanol–water partition coefficient (Wildman–Crippen LogP) is 2.67. The van der Waals surface area contributed by atoms with E-state index < -0.39 is 0 Å². The molecule has 0 aromatic heterocycles. The molecule has 0 saturated heterocycles. The maximum Gasteiger partial charge on any atom is -0.00488 e. The molecular weight excluding hydrogens is 146 g/mol. The van der Waals surface area contributed by atoms with E-state index in [1.807, 2.05) is 26.1 Å². The van der Waals surface area contributed by atoms with Gasteiger partial charge in [-0.1, -0.05) is 36.5 Å². The minimum atomic E-state index is 1.06. The van der Waals surface area contributed by atoms with E-state index in [-0.39, 0.29) is 0 Å². The summed E-state index contributed by atoms with van der Waals surface area (Å²) in [5.74, 6) is 0. The minimum Gasteiger partial charge on any atom is -0.320 e. The van der Waals surface area contributed by atoms with Gasteiger partial charge in [-0.25, -0.2) is 0 Å². The van der Waals surface area contributed by atoms with Crippen LogP contribution < -0.4 is 5.32 Å². The Labute approximate surface area is 75.9 Å². The van der Waals surface area contributed by atoms with Gasteiger partial charge in [0.15, 0.2) is 0 Å². The molecule has 1 N–H and O–H groups in total. The van der Waals surface area contributed by atoms with Crippen molar-refractivity contribution in [2.45, 2.75) is 19.8 Å². The summed E-state index contributed by atoms with van der Waals surface area (Å²) in [6.45, 7) is 10.8. The van der Waals surface area contributed by atoms with Crippen LogP contribution in [0.5, 0.6) is 0 Å². The quantitative estimate of drug-likeness (QED) is 0.471. The van der Waals surface area contributed by atoms with Crippen molar-refractivity contribution >= 4 is 0 Å². The van der Waals surface area contributed by atoms with Gasteiger partial charge in [0.2, 0.25) is 0 Å². The van der Waals surface area contributed by atoms with Gasteiger partial charge < -0.3 is 5.32 Å². The molecule has 1 heteroatoms. The number of nitrogens with one attached hydrogen (secondary N) is 1. The highest BCUT2D eigenvalue weighted by Gasteiger charge is 1.88. The van der Waals surface area contributed by atoms with E-state index in [4.69, 9.17) is 0 Å². The molecule has 0 rings (SSSR count). The van der Waals surface area contributed by atoms with Gasteiger partial charge in [0.1, 0.15) is 0 Å². The standard InChI is InChI=1S/C11H19N/c1-10(2)7-8-11(3)6-5-9-12-4/h7-8,12H,1,3,5-6,9H2,2,4H3/b8-7-. The van der Waals surface area contributed by atoms with Gasteiger partial charge in [-0.3, -0.25) is 0 Å². The normalized spacial score (nSPS) is 10.5. The second-order valence-electron chi connectivity index (χ2n) is 3.05. The highest BCUT2D eigenvalue weighted by atomic mass is 14.8.